The molecule has 1 unspecified atom stereocenters. The minimum absolute atomic E-state index is 0.0286. The second-order valence-electron chi connectivity index (χ2n) is 4.66. The van der Waals surface area contributed by atoms with Gasteiger partial charge in [-0.25, -0.2) is 4.98 Å². The Labute approximate surface area is 115 Å². The number of hydrogen-bond acceptors (Lipinski definition) is 4. The number of carbonyl (C=O) groups is 1. The molecule has 0 saturated carbocycles. The van der Waals surface area contributed by atoms with E-state index in [2.05, 4.69) is 4.98 Å². The van der Waals surface area contributed by atoms with Crippen LogP contribution in [0.4, 0.5) is 5.69 Å². The fourth-order valence-corrected chi connectivity index (χ4v) is 2.89. The molecule has 1 aromatic carbocycles. The molecule has 1 aromatic heterocycles. The van der Waals surface area contributed by atoms with Crippen LogP contribution in [0.3, 0.4) is 0 Å². The third kappa shape index (κ3) is 2.39. The summed E-state index contributed by atoms with van der Waals surface area (Å²) in [7, 11) is 0. The standard InChI is InChI=1S/C14H14N2O2S/c1-9-15-13(8-19-9)10-3-2-4-11(5-10)16-7-12(17)6-14(16)18/h2-5,8,12,17H,6-7H2,1H3. The molecule has 4 nitrogen and oxygen atoms in total. The van der Waals surface area contributed by atoms with Gasteiger partial charge in [-0.15, -0.1) is 11.3 Å². The molecule has 5 heteroatoms. The summed E-state index contributed by atoms with van der Waals surface area (Å²) in [6.45, 7) is 2.34. The Balaban J connectivity index is 1.94. The van der Waals surface area contributed by atoms with Gasteiger partial charge in [0.1, 0.15) is 0 Å². The van der Waals surface area contributed by atoms with Crippen molar-refractivity contribution in [1.29, 1.82) is 0 Å². The molecule has 2 aromatic rings. The van der Waals surface area contributed by atoms with Crippen molar-refractivity contribution in [3.05, 3.63) is 34.7 Å². The zero-order valence-electron chi connectivity index (χ0n) is 10.5. The Kier molecular flexibility index (Phi) is 3.08. The van der Waals surface area contributed by atoms with Crippen LogP contribution in [0.25, 0.3) is 11.3 Å². The smallest absolute Gasteiger partial charge is 0.229 e. The Morgan fingerprint density at radius 3 is 2.95 bits per heavy atom. The van der Waals surface area contributed by atoms with E-state index in [0.29, 0.717) is 6.54 Å². The first-order valence-corrected chi connectivity index (χ1v) is 7.02. The number of benzene rings is 1. The molecule has 2 heterocycles. The largest absolute Gasteiger partial charge is 0.391 e. The van der Waals surface area contributed by atoms with Crippen molar-refractivity contribution in [3.63, 3.8) is 0 Å². The summed E-state index contributed by atoms with van der Waals surface area (Å²) in [5, 5.41) is 12.6. The lowest BCUT2D eigenvalue weighted by Gasteiger charge is -2.16. The van der Waals surface area contributed by atoms with Gasteiger partial charge in [-0.3, -0.25) is 4.79 Å². The number of thiazole rings is 1. The van der Waals surface area contributed by atoms with Crippen molar-refractivity contribution in [2.24, 2.45) is 0 Å². The van der Waals surface area contributed by atoms with E-state index in [0.717, 1.165) is 22.0 Å². The number of aromatic nitrogens is 1. The Hall–Kier alpha value is -1.72. The van der Waals surface area contributed by atoms with Crippen LogP contribution in [0.1, 0.15) is 11.4 Å². The van der Waals surface area contributed by atoms with Gasteiger partial charge in [-0.1, -0.05) is 12.1 Å². The normalized spacial score (nSPS) is 19.2. The maximum absolute atomic E-state index is 11.8. The molecule has 1 saturated heterocycles. The first-order chi connectivity index (χ1) is 9.13. The van der Waals surface area contributed by atoms with Crippen molar-refractivity contribution in [2.75, 3.05) is 11.4 Å². The van der Waals surface area contributed by atoms with Gasteiger partial charge in [-0.05, 0) is 19.1 Å². The first-order valence-electron chi connectivity index (χ1n) is 6.14. The van der Waals surface area contributed by atoms with Gasteiger partial charge in [0.2, 0.25) is 5.91 Å². The van der Waals surface area contributed by atoms with E-state index in [9.17, 15) is 9.90 Å². The third-order valence-electron chi connectivity index (χ3n) is 3.18. The topological polar surface area (TPSA) is 53.4 Å². The highest BCUT2D eigenvalue weighted by Crippen LogP contribution is 2.28. The van der Waals surface area contributed by atoms with Crippen molar-refractivity contribution in [3.8, 4) is 11.3 Å². The molecule has 19 heavy (non-hydrogen) atoms. The Bertz CT molecular complexity index is 623. The fourth-order valence-electron chi connectivity index (χ4n) is 2.27. The molecule has 1 amide bonds. The van der Waals surface area contributed by atoms with Crippen LogP contribution in [-0.2, 0) is 4.79 Å². The molecule has 0 radical (unpaired) electrons. The lowest BCUT2D eigenvalue weighted by atomic mass is 10.1. The molecule has 1 atom stereocenters. The first kappa shape index (κ1) is 12.3. The van der Waals surface area contributed by atoms with Gasteiger partial charge < -0.3 is 10.0 Å². The highest BCUT2D eigenvalue weighted by molar-refractivity contribution is 7.09. The molecule has 0 bridgehead atoms. The number of aliphatic hydroxyl groups is 1. The van der Waals surface area contributed by atoms with Gasteiger partial charge in [0.15, 0.2) is 0 Å². The van der Waals surface area contributed by atoms with Gasteiger partial charge in [0.05, 0.1) is 29.8 Å². The summed E-state index contributed by atoms with van der Waals surface area (Å²) in [5.74, 6) is -0.0286. The molecule has 3 rings (SSSR count). The third-order valence-corrected chi connectivity index (χ3v) is 3.95. The van der Waals surface area contributed by atoms with Crippen molar-refractivity contribution < 1.29 is 9.90 Å². The van der Waals surface area contributed by atoms with Crippen molar-refractivity contribution >= 4 is 22.9 Å². The summed E-state index contributed by atoms with van der Waals surface area (Å²) in [6.07, 6.45) is -0.349. The molecule has 1 aliphatic rings. The van der Waals surface area contributed by atoms with Crippen LogP contribution in [-0.4, -0.2) is 28.6 Å². The maximum Gasteiger partial charge on any atom is 0.229 e. The molecule has 1 aliphatic heterocycles. The molecule has 98 valence electrons. The second-order valence-corrected chi connectivity index (χ2v) is 5.73. The summed E-state index contributed by atoms with van der Waals surface area (Å²) in [5.41, 5.74) is 2.75. The molecule has 1 N–H and O–H groups in total. The number of rotatable bonds is 2. The average Bonchev–Trinajstić information content (AvgIpc) is 2.96. The van der Waals surface area contributed by atoms with E-state index in [1.807, 2.05) is 36.6 Å². The van der Waals surface area contributed by atoms with E-state index < -0.39 is 6.10 Å². The van der Waals surface area contributed by atoms with Crippen LogP contribution in [0.5, 0.6) is 0 Å². The highest BCUT2D eigenvalue weighted by Gasteiger charge is 2.29. The van der Waals surface area contributed by atoms with Crippen molar-refractivity contribution in [1.82, 2.24) is 4.98 Å². The quantitative estimate of drug-likeness (QED) is 0.913. The minimum atomic E-state index is -0.558. The van der Waals surface area contributed by atoms with Gasteiger partial charge in [0.25, 0.3) is 0 Å². The van der Waals surface area contributed by atoms with Gasteiger partial charge in [0, 0.05) is 16.6 Å². The maximum atomic E-state index is 11.8. The minimum Gasteiger partial charge on any atom is -0.391 e. The number of β-amino-alcohol motifs (C(OH)–C–C–N with tert-alkyl or cyclic N) is 1. The van der Waals surface area contributed by atoms with Crippen LogP contribution in [0, 0.1) is 6.92 Å². The van der Waals surface area contributed by atoms with Crippen LogP contribution >= 0.6 is 11.3 Å². The molecular weight excluding hydrogens is 260 g/mol. The molecule has 0 aliphatic carbocycles. The number of amides is 1. The van der Waals surface area contributed by atoms with E-state index in [1.165, 1.54) is 0 Å². The highest BCUT2D eigenvalue weighted by atomic mass is 32.1. The van der Waals surface area contributed by atoms with Gasteiger partial charge >= 0.3 is 0 Å². The summed E-state index contributed by atoms with van der Waals surface area (Å²) in [6, 6.07) is 7.73. The summed E-state index contributed by atoms with van der Waals surface area (Å²) < 4.78 is 0. The lowest BCUT2D eigenvalue weighted by molar-refractivity contribution is -0.117. The Morgan fingerprint density at radius 2 is 2.32 bits per heavy atom. The van der Waals surface area contributed by atoms with Crippen LogP contribution in [0.15, 0.2) is 29.6 Å². The number of carbonyl (C=O) groups excluding carboxylic acids is 1. The average molecular weight is 274 g/mol. The Morgan fingerprint density at radius 1 is 1.47 bits per heavy atom. The van der Waals surface area contributed by atoms with Crippen LogP contribution in [0.2, 0.25) is 0 Å². The lowest BCUT2D eigenvalue weighted by Crippen LogP contribution is -2.25. The van der Waals surface area contributed by atoms with E-state index in [-0.39, 0.29) is 12.3 Å². The fraction of sp³-hybridized carbons (Fsp3) is 0.286. The second kappa shape index (κ2) is 4.75. The number of anilines is 1. The predicted octanol–water partition coefficient (Wildman–Crippen LogP) is 2.22. The monoisotopic (exact) mass is 274 g/mol. The predicted molar refractivity (Wildman–Crippen MR) is 75.3 cm³/mol. The number of nitrogens with zero attached hydrogens (tertiary/aromatic N) is 2. The van der Waals surface area contributed by atoms with E-state index in [4.69, 9.17) is 0 Å². The molecule has 1 fully saturated rings. The molecule has 0 spiro atoms. The van der Waals surface area contributed by atoms with E-state index in [1.54, 1.807) is 16.2 Å². The zero-order valence-corrected chi connectivity index (χ0v) is 11.4. The number of hydrogen-bond donors (Lipinski definition) is 1. The van der Waals surface area contributed by atoms with Gasteiger partial charge in [-0.2, -0.15) is 0 Å². The van der Waals surface area contributed by atoms with E-state index >= 15 is 0 Å². The van der Waals surface area contributed by atoms with Crippen molar-refractivity contribution in [2.45, 2.75) is 19.4 Å². The number of aliphatic hydroxyl groups excluding tert-OH is 1. The summed E-state index contributed by atoms with van der Waals surface area (Å²) >= 11 is 1.61. The zero-order chi connectivity index (χ0) is 13.4. The summed E-state index contributed by atoms with van der Waals surface area (Å²) in [4.78, 5) is 17.9. The SMILES string of the molecule is Cc1nc(-c2cccc(N3CC(O)CC3=O)c2)cs1. The molecular formula is C14H14N2O2S. The van der Waals surface area contributed by atoms with Crippen LogP contribution < -0.4 is 4.90 Å². The number of aryl methyl sites for hydroxylation is 1.